The van der Waals surface area contributed by atoms with E-state index in [2.05, 4.69) is 27.6 Å². The average Bonchev–Trinajstić information content (AvgIpc) is 2.40. The molecular formula is C12H23N5O. The molecule has 0 aliphatic heterocycles. The van der Waals surface area contributed by atoms with Crippen LogP contribution in [0.2, 0.25) is 0 Å². The lowest BCUT2D eigenvalue weighted by Crippen LogP contribution is -2.14. The highest BCUT2D eigenvalue weighted by atomic mass is 16.2. The third kappa shape index (κ3) is 4.46. The van der Waals surface area contributed by atoms with Crippen LogP contribution in [-0.2, 0) is 6.42 Å². The summed E-state index contributed by atoms with van der Waals surface area (Å²) in [5, 5.41) is 12.0. The number of hydrogen-bond donors (Lipinski definition) is 4. The molecule has 0 spiro atoms. The van der Waals surface area contributed by atoms with Gasteiger partial charge in [-0.25, -0.2) is 15.8 Å². The van der Waals surface area contributed by atoms with Crippen LogP contribution in [0.15, 0.2) is 6.33 Å². The number of nitrogen functional groups attached to an aromatic ring is 1. The smallest absolute Gasteiger partial charge is 0.148 e. The van der Waals surface area contributed by atoms with E-state index >= 15 is 0 Å². The van der Waals surface area contributed by atoms with E-state index in [1.807, 2.05) is 0 Å². The van der Waals surface area contributed by atoms with Gasteiger partial charge in [-0.1, -0.05) is 13.3 Å². The van der Waals surface area contributed by atoms with Crippen LogP contribution in [0.5, 0.6) is 0 Å². The van der Waals surface area contributed by atoms with Crippen LogP contribution >= 0.6 is 0 Å². The lowest BCUT2D eigenvalue weighted by atomic mass is 10.1. The number of aliphatic hydroxyl groups excluding tert-OH is 1. The summed E-state index contributed by atoms with van der Waals surface area (Å²) in [7, 11) is 0. The Bertz CT molecular complexity index is 345. The molecule has 5 N–H and O–H groups in total. The van der Waals surface area contributed by atoms with Crippen molar-refractivity contribution in [2.75, 3.05) is 23.9 Å². The van der Waals surface area contributed by atoms with E-state index < -0.39 is 0 Å². The molecule has 0 amide bonds. The maximum Gasteiger partial charge on any atom is 0.148 e. The molecule has 1 aromatic rings. The number of nitrogens with one attached hydrogen (secondary N) is 2. The van der Waals surface area contributed by atoms with Crippen molar-refractivity contribution >= 4 is 11.6 Å². The van der Waals surface area contributed by atoms with Crippen molar-refractivity contribution in [2.45, 2.75) is 39.0 Å². The summed E-state index contributed by atoms with van der Waals surface area (Å²) in [6.45, 7) is 3.21. The molecule has 0 atom stereocenters. The molecule has 18 heavy (non-hydrogen) atoms. The molecule has 0 bridgehead atoms. The van der Waals surface area contributed by atoms with E-state index in [4.69, 9.17) is 10.9 Å². The summed E-state index contributed by atoms with van der Waals surface area (Å²) in [6, 6.07) is 0. The van der Waals surface area contributed by atoms with E-state index in [1.165, 1.54) is 6.33 Å². The van der Waals surface area contributed by atoms with Gasteiger partial charge in [0.05, 0.1) is 0 Å². The highest BCUT2D eigenvalue weighted by molar-refractivity contribution is 5.56. The standard InChI is InChI=1S/C12H23N5O/c1-2-6-10-11(14-7-4-3-5-8-18)15-9-16-12(10)17-13/h9,18H,2-8,13H2,1H3,(H2,14,15,16,17). The Morgan fingerprint density at radius 3 is 2.67 bits per heavy atom. The zero-order valence-corrected chi connectivity index (χ0v) is 10.9. The normalized spacial score (nSPS) is 10.4. The zero-order chi connectivity index (χ0) is 13.2. The molecule has 0 saturated heterocycles. The van der Waals surface area contributed by atoms with Crippen LogP contribution in [0.25, 0.3) is 0 Å². The van der Waals surface area contributed by atoms with Crippen molar-refractivity contribution in [1.29, 1.82) is 0 Å². The monoisotopic (exact) mass is 253 g/mol. The molecule has 1 heterocycles. The predicted octanol–water partition coefficient (Wildman–Crippen LogP) is 1.29. The molecule has 0 radical (unpaired) electrons. The Labute approximate surface area is 108 Å². The second kappa shape index (κ2) is 8.66. The number of aromatic nitrogens is 2. The quantitative estimate of drug-likeness (QED) is 0.301. The van der Waals surface area contributed by atoms with E-state index in [1.54, 1.807) is 0 Å². The maximum atomic E-state index is 8.70. The van der Waals surface area contributed by atoms with Gasteiger partial charge in [-0.3, -0.25) is 0 Å². The van der Waals surface area contributed by atoms with Crippen LogP contribution in [0, 0.1) is 0 Å². The molecule has 1 rings (SSSR count). The van der Waals surface area contributed by atoms with Gasteiger partial charge in [0.2, 0.25) is 0 Å². The summed E-state index contributed by atoms with van der Waals surface area (Å²) in [5.41, 5.74) is 3.64. The number of nitrogens with zero attached hydrogens (tertiary/aromatic N) is 2. The first-order valence-corrected chi connectivity index (χ1v) is 6.48. The van der Waals surface area contributed by atoms with E-state index in [-0.39, 0.29) is 6.61 Å². The van der Waals surface area contributed by atoms with Crippen molar-refractivity contribution in [3.8, 4) is 0 Å². The number of unbranched alkanes of at least 4 members (excludes halogenated alkanes) is 2. The van der Waals surface area contributed by atoms with Crippen molar-refractivity contribution in [2.24, 2.45) is 5.84 Å². The highest BCUT2D eigenvalue weighted by Crippen LogP contribution is 2.20. The minimum Gasteiger partial charge on any atom is -0.396 e. The molecule has 0 aliphatic carbocycles. The van der Waals surface area contributed by atoms with Crippen molar-refractivity contribution in [1.82, 2.24) is 9.97 Å². The first-order chi connectivity index (χ1) is 8.83. The van der Waals surface area contributed by atoms with Gasteiger partial charge in [0.15, 0.2) is 0 Å². The lowest BCUT2D eigenvalue weighted by molar-refractivity contribution is 0.283. The van der Waals surface area contributed by atoms with E-state index in [0.717, 1.165) is 50.0 Å². The fourth-order valence-electron chi connectivity index (χ4n) is 1.80. The molecule has 0 saturated carbocycles. The average molecular weight is 253 g/mol. The Kier molecular flexibility index (Phi) is 7.05. The molecule has 0 unspecified atom stereocenters. The first-order valence-electron chi connectivity index (χ1n) is 6.48. The van der Waals surface area contributed by atoms with Gasteiger partial charge in [0.25, 0.3) is 0 Å². The number of rotatable bonds is 9. The Balaban J connectivity index is 2.57. The molecule has 0 fully saturated rings. The molecular weight excluding hydrogens is 230 g/mol. The minimum atomic E-state index is 0.260. The molecule has 6 nitrogen and oxygen atoms in total. The molecule has 0 aliphatic rings. The summed E-state index contributed by atoms with van der Waals surface area (Å²) in [5.74, 6) is 6.98. The molecule has 0 aromatic carbocycles. The fourth-order valence-corrected chi connectivity index (χ4v) is 1.80. The van der Waals surface area contributed by atoms with Gasteiger partial charge in [0.1, 0.15) is 18.0 Å². The van der Waals surface area contributed by atoms with Crippen LogP contribution in [0.1, 0.15) is 38.2 Å². The van der Waals surface area contributed by atoms with E-state index in [9.17, 15) is 0 Å². The molecule has 102 valence electrons. The zero-order valence-electron chi connectivity index (χ0n) is 10.9. The third-order valence-corrected chi connectivity index (χ3v) is 2.71. The van der Waals surface area contributed by atoms with Gasteiger partial charge in [-0.2, -0.15) is 0 Å². The SMILES string of the molecule is CCCc1c(NN)ncnc1NCCCCCO. The summed E-state index contributed by atoms with van der Waals surface area (Å²) in [6.07, 6.45) is 6.29. The molecule has 1 aromatic heterocycles. The largest absolute Gasteiger partial charge is 0.396 e. The lowest BCUT2D eigenvalue weighted by Gasteiger charge is -2.13. The van der Waals surface area contributed by atoms with Crippen LogP contribution in [0.3, 0.4) is 0 Å². The van der Waals surface area contributed by atoms with Crippen molar-refractivity contribution in [3.63, 3.8) is 0 Å². The van der Waals surface area contributed by atoms with E-state index in [0.29, 0.717) is 5.82 Å². The number of aliphatic hydroxyl groups is 1. The first kappa shape index (κ1) is 14.7. The predicted molar refractivity (Wildman–Crippen MR) is 73.3 cm³/mol. The summed E-state index contributed by atoms with van der Waals surface area (Å²) in [4.78, 5) is 8.37. The van der Waals surface area contributed by atoms with Gasteiger partial charge >= 0.3 is 0 Å². The summed E-state index contributed by atoms with van der Waals surface area (Å²) < 4.78 is 0. The fraction of sp³-hybridized carbons (Fsp3) is 0.667. The van der Waals surface area contributed by atoms with Crippen LogP contribution < -0.4 is 16.6 Å². The maximum absolute atomic E-state index is 8.70. The Morgan fingerprint density at radius 1 is 1.22 bits per heavy atom. The second-order valence-electron chi connectivity index (χ2n) is 4.15. The number of hydrazine groups is 1. The van der Waals surface area contributed by atoms with Crippen LogP contribution in [-0.4, -0.2) is 28.2 Å². The minimum absolute atomic E-state index is 0.260. The topological polar surface area (TPSA) is 96.1 Å². The van der Waals surface area contributed by atoms with Gasteiger partial charge < -0.3 is 15.8 Å². The number of nitrogens with two attached hydrogens (primary N) is 1. The highest BCUT2D eigenvalue weighted by Gasteiger charge is 2.09. The van der Waals surface area contributed by atoms with Gasteiger partial charge in [0, 0.05) is 18.7 Å². The Hall–Kier alpha value is -1.40. The number of hydrogen-bond acceptors (Lipinski definition) is 6. The second-order valence-corrected chi connectivity index (χ2v) is 4.15. The van der Waals surface area contributed by atoms with Crippen molar-refractivity contribution in [3.05, 3.63) is 11.9 Å². The Morgan fingerprint density at radius 2 is 2.00 bits per heavy atom. The number of anilines is 2. The van der Waals surface area contributed by atoms with Gasteiger partial charge in [-0.15, -0.1) is 0 Å². The van der Waals surface area contributed by atoms with Gasteiger partial charge in [-0.05, 0) is 25.7 Å². The summed E-state index contributed by atoms with van der Waals surface area (Å²) >= 11 is 0. The third-order valence-electron chi connectivity index (χ3n) is 2.71. The van der Waals surface area contributed by atoms with Crippen molar-refractivity contribution < 1.29 is 5.11 Å². The van der Waals surface area contributed by atoms with Crippen LogP contribution in [0.4, 0.5) is 11.6 Å². The molecule has 6 heteroatoms.